The number of piperidine rings is 1. The molecule has 4 heteroatoms. The zero-order valence-corrected chi connectivity index (χ0v) is 9.94. The molecule has 0 spiro atoms. The topological polar surface area (TPSA) is 37.4 Å². The van der Waals surface area contributed by atoms with Crippen molar-refractivity contribution < 1.29 is 4.74 Å². The van der Waals surface area contributed by atoms with Crippen LogP contribution in [-0.2, 0) is 0 Å². The molecule has 1 N–H and O–H groups in total. The van der Waals surface area contributed by atoms with E-state index in [-0.39, 0.29) is 0 Å². The summed E-state index contributed by atoms with van der Waals surface area (Å²) in [6.45, 7) is 2.31. The summed E-state index contributed by atoms with van der Waals surface area (Å²) in [5, 5.41) is 3.46. The highest BCUT2D eigenvalue weighted by Gasteiger charge is 2.16. The van der Waals surface area contributed by atoms with Crippen molar-refractivity contribution in [2.45, 2.75) is 18.9 Å². The van der Waals surface area contributed by atoms with Gasteiger partial charge in [0.25, 0.3) is 0 Å². The molecule has 0 radical (unpaired) electrons. The molecule has 1 aliphatic rings. The molecule has 4 nitrogen and oxygen atoms in total. The SMILES string of the molecule is COc1cccc(NC2CCN(C)CC2)n1. The molecular weight excluding hydrogens is 202 g/mol. The Balaban J connectivity index is 1.93. The van der Waals surface area contributed by atoms with Crippen LogP contribution in [-0.4, -0.2) is 43.2 Å². The molecule has 1 fully saturated rings. The van der Waals surface area contributed by atoms with Crippen molar-refractivity contribution in [1.29, 1.82) is 0 Å². The molecule has 88 valence electrons. The predicted octanol–water partition coefficient (Wildman–Crippen LogP) is 1.60. The second kappa shape index (κ2) is 5.16. The fraction of sp³-hybridized carbons (Fsp3) is 0.583. The van der Waals surface area contributed by atoms with Crippen molar-refractivity contribution in [2.24, 2.45) is 0 Å². The molecule has 0 aromatic carbocycles. The smallest absolute Gasteiger partial charge is 0.214 e. The Labute approximate surface area is 96.6 Å². The molecule has 1 aromatic rings. The molecule has 0 bridgehead atoms. The van der Waals surface area contributed by atoms with Gasteiger partial charge in [-0.25, -0.2) is 0 Å². The number of nitrogens with one attached hydrogen (secondary N) is 1. The van der Waals surface area contributed by atoms with Crippen LogP contribution in [0, 0.1) is 0 Å². The van der Waals surface area contributed by atoms with E-state index in [4.69, 9.17) is 4.74 Å². The number of rotatable bonds is 3. The molecule has 1 aliphatic heterocycles. The molecule has 2 rings (SSSR count). The molecule has 1 aromatic heterocycles. The van der Waals surface area contributed by atoms with Gasteiger partial charge in [-0.1, -0.05) is 6.07 Å². The number of ether oxygens (including phenoxy) is 1. The Bertz CT molecular complexity index is 335. The van der Waals surface area contributed by atoms with Gasteiger partial charge in [-0.05, 0) is 39.0 Å². The lowest BCUT2D eigenvalue weighted by Gasteiger charge is -2.29. The van der Waals surface area contributed by atoms with Crippen LogP contribution >= 0.6 is 0 Å². The van der Waals surface area contributed by atoms with Crippen LogP contribution in [0.3, 0.4) is 0 Å². The Kier molecular flexibility index (Phi) is 3.62. The van der Waals surface area contributed by atoms with Gasteiger partial charge in [0, 0.05) is 12.1 Å². The van der Waals surface area contributed by atoms with Crippen molar-refractivity contribution in [1.82, 2.24) is 9.88 Å². The van der Waals surface area contributed by atoms with Gasteiger partial charge in [-0.2, -0.15) is 4.98 Å². The number of pyridine rings is 1. The minimum atomic E-state index is 0.538. The third-order valence-electron chi connectivity index (χ3n) is 3.00. The first-order valence-electron chi connectivity index (χ1n) is 5.74. The number of anilines is 1. The maximum atomic E-state index is 5.10. The van der Waals surface area contributed by atoms with E-state index in [1.165, 1.54) is 12.8 Å². The van der Waals surface area contributed by atoms with Gasteiger partial charge in [0.1, 0.15) is 5.82 Å². The highest BCUT2D eigenvalue weighted by atomic mass is 16.5. The summed E-state index contributed by atoms with van der Waals surface area (Å²) >= 11 is 0. The second-order valence-corrected chi connectivity index (χ2v) is 4.29. The van der Waals surface area contributed by atoms with Crippen molar-refractivity contribution in [2.75, 3.05) is 32.6 Å². The van der Waals surface area contributed by atoms with Gasteiger partial charge in [-0.3, -0.25) is 0 Å². The largest absolute Gasteiger partial charge is 0.481 e. The molecular formula is C12H19N3O. The van der Waals surface area contributed by atoms with Crippen LogP contribution < -0.4 is 10.1 Å². The van der Waals surface area contributed by atoms with Crippen molar-refractivity contribution >= 4 is 5.82 Å². The lowest BCUT2D eigenvalue weighted by atomic mass is 10.1. The number of hydrogen-bond acceptors (Lipinski definition) is 4. The maximum absolute atomic E-state index is 5.10. The van der Waals surface area contributed by atoms with E-state index in [0.29, 0.717) is 11.9 Å². The van der Waals surface area contributed by atoms with Gasteiger partial charge in [-0.15, -0.1) is 0 Å². The van der Waals surface area contributed by atoms with Crippen LogP contribution in [0.25, 0.3) is 0 Å². The standard InChI is InChI=1S/C12H19N3O/c1-15-8-6-10(7-9-15)13-11-4-3-5-12(14-11)16-2/h3-5,10H,6-9H2,1-2H3,(H,13,14). The van der Waals surface area contributed by atoms with Gasteiger partial charge < -0.3 is 15.0 Å². The zero-order chi connectivity index (χ0) is 11.4. The van der Waals surface area contributed by atoms with E-state index >= 15 is 0 Å². The molecule has 0 amide bonds. The summed E-state index contributed by atoms with van der Waals surface area (Å²) in [4.78, 5) is 6.72. The number of methoxy groups -OCH3 is 1. The highest BCUT2D eigenvalue weighted by Crippen LogP contribution is 2.16. The van der Waals surface area contributed by atoms with Gasteiger partial charge in [0.2, 0.25) is 5.88 Å². The summed E-state index contributed by atoms with van der Waals surface area (Å²) in [5.74, 6) is 1.58. The van der Waals surface area contributed by atoms with Crippen LogP contribution in [0.2, 0.25) is 0 Å². The maximum Gasteiger partial charge on any atom is 0.214 e. The Hall–Kier alpha value is -1.29. The summed E-state index contributed by atoms with van der Waals surface area (Å²) in [6.07, 6.45) is 2.35. The fourth-order valence-corrected chi connectivity index (χ4v) is 1.97. The first-order valence-corrected chi connectivity index (χ1v) is 5.74. The zero-order valence-electron chi connectivity index (χ0n) is 9.94. The monoisotopic (exact) mass is 221 g/mol. The Morgan fingerprint density at radius 3 is 2.81 bits per heavy atom. The molecule has 16 heavy (non-hydrogen) atoms. The van der Waals surface area contributed by atoms with Gasteiger partial charge >= 0.3 is 0 Å². The molecule has 2 heterocycles. The fourth-order valence-electron chi connectivity index (χ4n) is 1.97. The summed E-state index contributed by atoms with van der Waals surface area (Å²) < 4.78 is 5.10. The lowest BCUT2D eigenvalue weighted by molar-refractivity contribution is 0.263. The van der Waals surface area contributed by atoms with Gasteiger partial charge in [0.05, 0.1) is 7.11 Å². The number of nitrogens with zero attached hydrogens (tertiary/aromatic N) is 2. The van der Waals surface area contributed by atoms with E-state index in [0.717, 1.165) is 18.9 Å². The van der Waals surface area contributed by atoms with Crippen molar-refractivity contribution in [3.8, 4) is 5.88 Å². The molecule has 0 atom stereocenters. The number of hydrogen-bond donors (Lipinski definition) is 1. The van der Waals surface area contributed by atoms with Gasteiger partial charge in [0.15, 0.2) is 0 Å². The van der Waals surface area contributed by atoms with Crippen LogP contribution in [0.5, 0.6) is 5.88 Å². The van der Waals surface area contributed by atoms with Crippen LogP contribution in [0.15, 0.2) is 18.2 Å². The average molecular weight is 221 g/mol. The second-order valence-electron chi connectivity index (χ2n) is 4.29. The third kappa shape index (κ3) is 2.85. The first-order chi connectivity index (χ1) is 7.78. The minimum Gasteiger partial charge on any atom is -0.481 e. The molecule has 0 aliphatic carbocycles. The lowest BCUT2D eigenvalue weighted by Crippen LogP contribution is -2.36. The number of likely N-dealkylation sites (tertiary alicyclic amines) is 1. The summed E-state index contributed by atoms with van der Waals surface area (Å²) in [6, 6.07) is 6.35. The highest BCUT2D eigenvalue weighted by molar-refractivity contribution is 5.38. The minimum absolute atomic E-state index is 0.538. The summed E-state index contributed by atoms with van der Waals surface area (Å²) in [7, 11) is 3.81. The van der Waals surface area contributed by atoms with E-state index in [1.54, 1.807) is 7.11 Å². The van der Waals surface area contributed by atoms with Crippen molar-refractivity contribution in [3.05, 3.63) is 18.2 Å². The van der Waals surface area contributed by atoms with E-state index in [9.17, 15) is 0 Å². The van der Waals surface area contributed by atoms with Crippen molar-refractivity contribution in [3.63, 3.8) is 0 Å². The average Bonchev–Trinajstić information content (AvgIpc) is 2.32. The molecule has 0 unspecified atom stereocenters. The van der Waals surface area contributed by atoms with E-state index in [2.05, 4.69) is 22.2 Å². The van der Waals surface area contributed by atoms with Crippen LogP contribution in [0.4, 0.5) is 5.82 Å². The van der Waals surface area contributed by atoms with Crippen LogP contribution in [0.1, 0.15) is 12.8 Å². The third-order valence-corrected chi connectivity index (χ3v) is 3.00. The number of aromatic nitrogens is 1. The predicted molar refractivity (Wildman–Crippen MR) is 64.9 cm³/mol. The Morgan fingerprint density at radius 1 is 1.38 bits per heavy atom. The Morgan fingerprint density at radius 2 is 2.12 bits per heavy atom. The van der Waals surface area contributed by atoms with E-state index in [1.807, 2.05) is 18.2 Å². The molecule has 0 saturated carbocycles. The normalized spacial score (nSPS) is 18.4. The molecule has 1 saturated heterocycles. The quantitative estimate of drug-likeness (QED) is 0.841. The van der Waals surface area contributed by atoms with E-state index < -0.39 is 0 Å². The summed E-state index contributed by atoms with van der Waals surface area (Å²) in [5.41, 5.74) is 0. The first kappa shape index (κ1) is 11.2.